The highest BCUT2D eigenvalue weighted by molar-refractivity contribution is 6.30. The third-order valence-electron chi connectivity index (χ3n) is 6.19. The Labute approximate surface area is 236 Å². The largest absolute Gasteiger partial charge is 0.488 e. The zero-order valence-electron chi connectivity index (χ0n) is 21.6. The van der Waals surface area contributed by atoms with E-state index in [9.17, 15) is 9.59 Å². The van der Waals surface area contributed by atoms with Crippen LogP contribution < -0.4 is 14.9 Å². The van der Waals surface area contributed by atoms with Gasteiger partial charge in [0.2, 0.25) is 0 Å². The summed E-state index contributed by atoms with van der Waals surface area (Å²) in [5, 5.41) is 6.60. The predicted octanol–water partition coefficient (Wildman–Crippen LogP) is 7.36. The molecule has 0 bridgehead atoms. The molecule has 198 valence electrons. The lowest BCUT2D eigenvalue weighted by molar-refractivity contribution is 0.0734. The van der Waals surface area contributed by atoms with E-state index in [1.54, 1.807) is 60.7 Å². The quantitative estimate of drug-likeness (QED) is 0.0950. The number of rotatable bonds is 8. The molecule has 0 saturated carbocycles. The van der Waals surface area contributed by atoms with Gasteiger partial charge in [-0.25, -0.2) is 10.2 Å². The molecule has 0 spiro atoms. The van der Waals surface area contributed by atoms with Crippen LogP contribution in [0.3, 0.4) is 0 Å². The van der Waals surface area contributed by atoms with Gasteiger partial charge in [0.15, 0.2) is 0 Å². The Hall–Kier alpha value is -4.94. The molecule has 0 aliphatic heterocycles. The molecule has 0 fully saturated rings. The smallest absolute Gasteiger partial charge is 0.343 e. The highest BCUT2D eigenvalue weighted by Crippen LogP contribution is 2.28. The number of carbonyl (C=O) groups is 2. The third kappa shape index (κ3) is 6.37. The van der Waals surface area contributed by atoms with Crippen LogP contribution in [0.25, 0.3) is 10.8 Å². The fraction of sp³-hybridized carbons (Fsp3) is 0.0606. The van der Waals surface area contributed by atoms with E-state index in [1.807, 2.05) is 55.5 Å². The fourth-order valence-electron chi connectivity index (χ4n) is 4.17. The zero-order valence-corrected chi connectivity index (χ0v) is 22.4. The Morgan fingerprint density at radius 2 is 1.62 bits per heavy atom. The number of ether oxygens (including phenoxy) is 2. The van der Waals surface area contributed by atoms with E-state index in [-0.39, 0.29) is 6.61 Å². The van der Waals surface area contributed by atoms with Gasteiger partial charge in [-0.05, 0) is 65.7 Å². The average molecular weight is 549 g/mol. The summed E-state index contributed by atoms with van der Waals surface area (Å²) in [6.07, 6.45) is 1.48. The summed E-state index contributed by atoms with van der Waals surface area (Å²) >= 11 is 5.96. The lowest BCUT2D eigenvalue weighted by atomic mass is 10.0. The maximum Gasteiger partial charge on any atom is 0.343 e. The van der Waals surface area contributed by atoms with Gasteiger partial charge in [-0.2, -0.15) is 5.10 Å². The molecule has 1 N–H and O–H groups in total. The SMILES string of the molecule is Cc1cccc(C(=O)Oc2ccc3ccccc3c2/C=N\NC(=O)c2ccccc2OCc2ccc(Cl)cc2)c1. The van der Waals surface area contributed by atoms with Gasteiger partial charge in [0.05, 0.1) is 17.3 Å². The lowest BCUT2D eigenvalue weighted by Crippen LogP contribution is -2.19. The normalized spacial score (nSPS) is 10.9. The molecule has 0 atom stereocenters. The molecule has 5 rings (SSSR count). The van der Waals surface area contributed by atoms with E-state index in [0.717, 1.165) is 21.9 Å². The van der Waals surface area contributed by atoms with Gasteiger partial charge in [0.25, 0.3) is 5.91 Å². The van der Waals surface area contributed by atoms with Crippen LogP contribution in [0, 0.1) is 6.92 Å². The second kappa shape index (κ2) is 12.3. The first kappa shape index (κ1) is 26.7. The Bertz CT molecular complexity index is 1710. The summed E-state index contributed by atoms with van der Waals surface area (Å²) < 4.78 is 11.7. The van der Waals surface area contributed by atoms with Gasteiger partial charge in [-0.15, -0.1) is 0 Å². The topological polar surface area (TPSA) is 77.0 Å². The molecular weight excluding hydrogens is 524 g/mol. The molecule has 5 aromatic rings. The summed E-state index contributed by atoms with van der Waals surface area (Å²) in [5.41, 5.74) is 5.78. The van der Waals surface area contributed by atoms with Crippen LogP contribution in [0.5, 0.6) is 11.5 Å². The van der Waals surface area contributed by atoms with Crippen molar-refractivity contribution in [3.05, 3.63) is 142 Å². The molecule has 40 heavy (non-hydrogen) atoms. The maximum absolute atomic E-state index is 13.0. The van der Waals surface area contributed by atoms with Crippen molar-refractivity contribution >= 4 is 40.5 Å². The standard InChI is InChI=1S/C33H25ClN2O4/c1-22-7-6-9-25(19-22)33(38)40-31-18-15-24-8-2-3-10-27(24)29(31)20-35-36-32(37)28-11-4-5-12-30(28)39-21-23-13-16-26(34)17-14-23/h2-20H,21H2,1H3,(H,36,37)/b35-20-. The van der Waals surface area contributed by atoms with Gasteiger partial charge in [0, 0.05) is 10.6 Å². The van der Waals surface area contributed by atoms with Crippen molar-refractivity contribution in [2.45, 2.75) is 13.5 Å². The number of fused-ring (bicyclic) bond motifs is 1. The third-order valence-corrected chi connectivity index (χ3v) is 6.44. The second-order valence-electron chi connectivity index (χ2n) is 9.07. The summed E-state index contributed by atoms with van der Waals surface area (Å²) in [6, 6.07) is 32.7. The molecule has 0 aliphatic rings. The first-order chi connectivity index (χ1) is 19.5. The van der Waals surface area contributed by atoms with Crippen molar-refractivity contribution in [2.75, 3.05) is 0 Å². The van der Waals surface area contributed by atoms with Crippen LogP contribution >= 0.6 is 11.6 Å². The Balaban J connectivity index is 1.36. The minimum atomic E-state index is -0.482. The van der Waals surface area contributed by atoms with Gasteiger partial charge < -0.3 is 9.47 Å². The lowest BCUT2D eigenvalue weighted by Gasteiger charge is -2.12. The highest BCUT2D eigenvalue weighted by atomic mass is 35.5. The molecule has 7 heteroatoms. The molecule has 5 aromatic carbocycles. The van der Waals surface area contributed by atoms with E-state index in [4.69, 9.17) is 21.1 Å². The summed E-state index contributed by atoms with van der Waals surface area (Å²) in [5.74, 6) is -0.177. The summed E-state index contributed by atoms with van der Waals surface area (Å²) in [6.45, 7) is 2.19. The van der Waals surface area contributed by atoms with Gasteiger partial charge in [-0.1, -0.05) is 83.9 Å². The van der Waals surface area contributed by atoms with Gasteiger partial charge in [-0.3, -0.25) is 4.79 Å². The summed E-state index contributed by atoms with van der Waals surface area (Å²) in [4.78, 5) is 25.9. The first-order valence-electron chi connectivity index (χ1n) is 12.6. The van der Waals surface area contributed by atoms with E-state index in [1.165, 1.54) is 6.21 Å². The van der Waals surface area contributed by atoms with E-state index in [2.05, 4.69) is 10.5 Å². The van der Waals surface area contributed by atoms with Gasteiger partial charge in [0.1, 0.15) is 18.1 Å². The molecular formula is C33H25ClN2O4. The number of amides is 1. The zero-order chi connectivity index (χ0) is 27.9. The average Bonchev–Trinajstić information content (AvgIpc) is 2.98. The number of hydrogen-bond acceptors (Lipinski definition) is 5. The van der Waals surface area contributed by atoms with Crippen LogP contribution in [0.4, 0.5) is 0 Å². The number of para-hydroxylation sites is 1. The number of carbonyl (C=O) groups excluding carboxylic acids is 2. The summed E-state index contributed by atoms with van der Waals surface area (Å²) in [7, 11) is 0. The van der Waals surface area contributed by atoms with E-state index >= 15 is 0 Å². The minimum absolute atomic E-state index is 0.274. The molecule has 0 heterocycles. The van der Waals surface area contributed by atoms with Crippen LogP contribution in [-0.4, -0.2) is 18.1 Å². The van der Waals surface area contributed by atoms with Crippen LogP contribution in [0.1, 0.15) is 37.4 Å². The second-order valence-corrected chi connectivity index (χ2v) is 9.50. The van der Waals surface area contributed by atoms with Crippen molar-refractivity contribution in [3.63, 3.8) is 0 Å². The Morgan fingerprint density at radius 3 is 2.45 bits per heavy atom. The number of hydrogen-bond donors (Lipinski definition) is 1. The number of aryl methyl sites for hydroxylation is 1. The molecule has 1 amide bonds. The molecule has 0 unspecified atom stereocenters. The predicted molar refractivity (Wildman–Crippen MR) is 157 cm³/mol. The Kier molecular flexibility index (Phi) is 8.18. The highest BCUT2D eigenvalue weighted by Gasteiger charge is 2.15. The minimum Gasteiger partial charge on any atom is -0.488 e. The Morgan fingerprint density at radius 1 is 0.850 bits per heavy atom. The van der Waals surface area contributed by atoms with Gasteiger partial charge >= 0.3 is 5.97 Å². The van der Waals surface area contributed by atoms with Crippen molar-refractivity contribution in [1.29, 1.82) is 0 Å². The number of benzene rings is 5. The first-order valence-corrected chi connectivity index (χ1v) is 13.0. The van der Waals surface area contributed by atoms with Crippen molar-refractivity contribution < 1.29 is 19.1 Å². The van der Waals surface area contributed by atoms with E-state index < -0.39 is 11.9 Å². The molecule has 6 nitrogen and oxygen atoms in total. The number of esters is 1. The van der Waals surface area contributed by atoms with Crippen molar-refractivity contribution in [1.82, 2.24) is 5.43 Å². The van der Waals surface area contributed by atoms with Crippen LogP contribution in [-0.2, 0) is 6.61 Å². The van der Waals surface area contributed by atoms with Crippen LogP contribution in [0.2, 0.25) is 5.02 Å². The van der Waals surface area contributed by atoms with E-state index in [0.29, 0.717) is 33.2 Å². The van der Waals surface area contributed by atoms with Crippen molar-refractivity contribution in [2.24, 2.45) is 5.10 Å². The number of nitrogens with one attached hydrogen (secondary N) is 1. The maximum atomic E-state index is 13.0. The number of hydrazone groups is 1. The molecule has 0 saturated heterocycles. The number of nitrogens with zero attached hydrogens (tertiary/aromatic N) is 1. The number of halogens is 1. The molecule has 0 aromatic heterocycles. The monoisotopic (exact) mass is 548 g/mol. The molecule has 0 radical (unpaired) electrons. The van der Waals surface area contributed by atoms with Crippen molar-refractivity contribution in [3.8, 4) is 11.5 Å². The van der Waals surface area contributed by atoms with Crippen LogP contribution in [0.15, 0.2) is 114 Å². The molecule has 0 aliphatic carbocycles. The fourth-order valence-corrected chi connectivity index (χ4v) is 4.29.